The topological polar surface area (TPSA) is 102 Å². The minimum Gasteiger partial charge on any atom is -0.396 e. The molecule has 0 bridgehead atoms. The van der Waals surface area contributed by atoms with E-state index in [2.05, 4.69) is 25.4 Å². The fraction of sp³-hybridized carbons (Fsp3) is 0.263. The Bertz CT molecular complexity index is 968. The van der Waals surface area contributed by atoms with Gasteiger partial charge < -0.3 is 16.0 Å². The first-order chi connectivity index (χ1) is 13.6. The van der Waals surface area contributed by atoms with Crippen molar-refractivity contribution in [2.75, 3.05) is 29.0 Å². The summed E-state index contributed by atoms with van der Waals surface area (Å²) in [5, 5.41) is 11.6. The summed E-state index contributed by atoms with van der Waals surface area (Å²) in [7, 11) is 0. The largest absolute Gasteiger partial charge is 0.396 e. The number of hydrogen-bond donors (Lipinski definition) is 2. The minimum absolute atomic E-state index is 0.00493. The van der Waals surface area contributed by atoms with Crippen molar-refractivity contribution in [1.29, 1.82) is 0 Å². The number of nitrogens with one attached hydrogen (secondary N) is 1. The third-order valence-electron chi connectivity index (χ3n) is 4.83. The minimum atomic E-state index is -0.0626. The van der Waals surface area contributed by atoms with Crippen LogP contribution in [0.1, 0.15) is 12.8 Å². The van der Waals surface area contributed by atoms with Crippen molar-refractivity contribution in [2.45, 2.75) is 12.8 Å². The zero-order chi connectivity index (χ0) is 19.5. The van der Waals surface area contributed by atoms with Gasteiger partial charge in [0.2, 0.25) is 5.91 Å². The SMILES string of the molecule is Nc1cccnc1N1CCC(C(=O)Nc2ccc(-n3nccn3)c(Cl)c2)CC1. The molecule has 3 aromatic rings. The van der Waals surface area contributed by atoms with E-state index in [9.17, 15) is 4.79 Å². The molecule has 28 heavy (non-hydrogen) atoms. The van der Waals surface area contributed by atoms with Gasteiger partial charge in [0.1, 0.15) is 5.69 Å². The maximum absolute atomic E-state index is 12.7. The average molecular weight is 398 g/mol. The second kappa shape index (κ2) is 7.85. The maximum atomic E-state index is 12.7. The van der Waals surface area contributed by atoms with Crippen molar-refractivity contribution < 1.29 is 4.79 Å². The number of nitrogens with zero attached hydrogens (tertiary/aromatic N) is 5. The number of piperidine rings is 1. The molecule has 8 nitrogen and oxygen atoms in total. The smallest absolute Gasteiger partial charge is 0.227 e. The standard InChI is InChI=1S/C19H20ClN7O/c20-15-12-14(3-4-17(15)27-23-8-9-24-27)25-19(28)13-5-10-26(11-6-13)18-16(21)2-1-7-22-18/h1-4,7-9,12-13H,5-6,10-11,21H2,(H,25,28). The number of nitrogens with two attached hydrogens (primary N) is 1. The number of carbonyl (C=O) groups excluding carboxylic acids is 1. The first-order valence-corrected chi connectivity index (χ1v) is 9.42. The summed E-state index contributed by atoms with van der Waals surface area (Å²) in [5.74, 6) is 0.720. The predicted octanol–water partition coefficient (Wildman–Crippen LogP) is 2.75. The summed E-state index contributed by atoms with van der Waals surface area (Å²) >= 11 is 6.31. The van der Waals surface area contributed by atoms with E-state index >= 15 is 0 Å². The van der Waals surface area contributed by atoms with Gasteiger partial charge in [0, 0.05) is 30.9 Å². The van der Waals surface area contributed by atoms with Gasteiger partial charge in [-0.05, 0) is 43.2 Å². The molecule has 3 heterocycles. The fourth-order valence-corrected chi connectivity index (χ4v) is 3.61. The lowest BCUT2D eigenvalue weighted by Crippen LogP contribution is -2.38. The van der Waals surface area contributed by atoms with Gasteiger partial charge in [0.15, 0.2) is 5.82 Å². The molecule has 0 aliphatic carbocycles. The van der Waals surface area contributed by atoms with Crippen LogP contribution in [-0.4, -0.2) is 39.0 Å². The van der Waals surface area contributed by atoms with Crippen LogP contribution in [0.2, 0.25) is 5.02 Å². The second-order valence-corrected chi connectivity index (χ2v) is 7.06. The molecule has 0 spiro atoms. The molecule has 0 atom stereocenters. The summed E-state index contributed by atoms with van der Waals surface area (Å²) in [6.45, 7) is 1.48. The van der Waals surface area contributed by atoms with Gasteiger partial charge >= 0.3 is 0 Å². The van der Waals surface area contributed by atoms with Crippen LogP contribution in [-0.2, 0) is 4.79 Å². The highest BCUT2D eigenvalue weighted by atomic mass is 35.5. The normalized spacial score (nSPS) is 14.8. The van der Waals surface area contributed by atoms with Crippen molar-refractivity contribution in [1.82, 2.24) is 20.0 Å². The van der Waals surface area contributed by atoms with Crippen molar-refractivity contribution >= 4 is 34.7 Å². The van der Waals surface area contributed by atoms with Crippen molar-refractivity contribution in [3.8, 4) is 5.69 Å². The van der Waals surface area contributed by atoms with Gasteiger partial charge in [-0.3, -0.25) is 4.79 Å². The zero-order valence-corrected chi connectivity index (χ0v) is 15.9. The first kappa shape index (κ1) is 18.2. The van der Waals surface area contributed by atoms with Gasteiger partial charge in [-0.15, -0.1) is 0 Å². The van der Waals surface area contributed by atoms with E-state index in [1.807, 2.05) is 12.1 Å². The van der Waals surface area contributed by atoms with Crippen LogP contribution >= 0.6 is 11.6 Å². The molecule has 1 saturated heterocycles. The Balaban J connectivity index is 1.37. The number of pyridine rings is 1. The van der Waals surface area contributed by atoms with E-state index < -0.39 is 0 Å². The number of halogens is 1. The number of rotatable bonds is 4. The molecule has 4 rings (SSSR count). The number of benzene rings is 1. The van der Waals surface area contributed by atoms with Gasteiger partial charge in [0.05, 0.1) is 23.1 Å². The number of amides is 1. The zero-order valence-electron chi connectivity index (χ0n) is 15.1. The molecule has 0 radical (unpaired) electrons. The lowest BCUT2D eigenvalue weighted by Gasteiger charge is -2.32. The molecule has 1 amide bonds. The Kier molecular flexibility index (Phi) is 5.12. The van der Waals surface area contributed by atoms with Crippen LogP contribution in [0.3, 0.4) is 0 Å². The summed E-state index contributed by atoms with van der Waals surface area (Å²) < 4.78 is 0. The van der Waals surface area contributed by atoms with E-state index in [4.69, 9.17) is 17.3 Å². The van der Waals surface area contributed by atoms with Crippen LogP contribution < -0.4 is 16.0 Å². The highest BCUT2D eigenvalue weighted by Crippen LogP contribution is 2.28. The molecule has 9 heteroatoms. The Morgan fingerprint density at radius 2 is 1.89 bits per heavy atom. The molecule has 1 aliphatic rings. The average Bonchev–Trinajstić information content (AvgIpc) is 3.23. The molecule has 144 valence electrons. The quantitative estimate of drug-likeness (QED) is 0.701. The van der Waals surface area contributed by atoms with E-state index in [0.717, 1.165) is 31.7 Å². The van der Waals surface area contributed by atoms with E-state index in [0.29, 0.717) is 22.1 Å². The fourth-order valence-electron chi connectivity index (χ4n) is 3.36. The Morgan fingerprint density at radius 1 is 1.14 bits per heavy atom. The number of aromatic nitrogens is 4. The van der Waals surface area contributed by atoms with Crippen molar-refractivity contribution in [3.63, 3.8) is 0 Å². The monoisotopic (exact) mass is 397 g/mol. The van der Waals surface area contributed by atoms with Crippen molar-refractivity contribution in [3.05, 3.63) is 53.9 Å². The highest BCUT2D eigenvalue weighted by Gasteiger charge is 2.26. The Labute approximate surface area is 167 Å². The maximum Gasteiger partial charge on any atom is 0.227 e. The van der Waals surface area contributed by atoms with E-state index in [1.54, 1.807) is 36.8 Å². The van der Waals surface area contributed by atoms with Crippen LogP contribution in [0.5, 0.6) is 0 Å². The van der Waals surface area contributed by atoms with Gasteiger partial charge in [0.25, 0.3) is 0 Å². The number of anilines is 3. The summed E-state index contributed by atoms with van der Waals surface area (Å²) in [6.07, 6.45) is 6.38. The lowest BCUT2D eigenvalue weighted by molar-refractivity contribution is -0.120. The van der Waals surface area contributed by atoms with Gasteiger partial charge in [-0.2, -0.15) is 15.0 Å². The summed E-state index contributed by atoms with van der Waals surface area (Å²) in [4.78, 5) is 20.6. The molecular weight excluding hydrogens is 378 g/mol. The molecular formula is C19H20ClN7O. The predicted molar refractivity (Wildman–Crippen MR) is 109 cm³/mol. The van der Waals surface area contributed by atoms with Crippen molar-refractivity contribution in [2.24, 2.45) is 5.92 Å². The number of hydrogen-bond acceptors (Lipinski definition) is 6. The summed E-state index contributed by atoms with van der Waals surface area (Å²) in [5.41, 5.74) is 7.98. The molecule has 1 fully saturated rings. The molecule has 0 saturated carbocycles. The lowest BCUT2D eigenvalue weighted by atomic mass is 9.95. The second-order valence-electron chi connectivity index (χ2n) is 6.65. The van der Waals surface area contributed by atoms with Crippen LogP contribution in [0.15, 0.2) is 48.9 Å². The van der Waals surface area contributed by atoms with E-state index in [-0.39, 0.29) is 11.8 Å². The molecule has 1 aliphatic heterocycles. The number of carbonyl (C=O) groups is 1. The van der Waals surface area contributed by atoms with Gasteiger partial charge in [-0.1, -0.05) is 11.6 Å². The Hall–Kier alpha value is -3.13. The first-order valence-electron chi connectivity index (χ1n) is 9.04. The molecule has 0 unspecified atom stereocenters. The van der Waals surface area contributed by atoms with Crippen LogP contribution in [0.4, 0.5) is 17.2 Å². The summed E-state index contributed by atoms with van der Waals surface area (Å²) in [6, 6.07) is 8.95. The van der Waals surface area contributed by atoms with E-state index in [1.165, 1.54) is 4.80 Å². The molecule has 3 N–H and O–H groups in total. The molecule has 1 aromatic carbocycles. The molecule has 2 aromatic heterocycles. The number of nitrogen functional groups attached to an aromatic ring is 1. The highest BCUT2D eigenvalue weighted by molar-refractivity contribution is 6.32. The van der Waals surface area contributed by atoms with Crippen LogP contribution in [0.25, 0.3) is 5.69 Å². The third kappa shape index (κ3) is 3.77. The van der Waals surface area contributed by atoms with Gasteiger partial charge in [-0.25, -0.2) is 4.98 Å². The Morgan fingerprint density at radius 3 is 2.57 bits per heavy atom. The van der Waals surface area contributed by atoms with Crippen LogP contribution in [0, 0.1) is 5.92 Å². The third-order valence-corrected chi connectivity index (χ3v) is 5.13.